The Morgan fingerprint density at radius 2 is 1.00 bits per heavy atom. The third-order valence-electron chi connectivity index (χ3n) is 13.7. The molecule has 0 saturated heterocycles. The first kappa shape index (κ1) is 37.9. The monoisotopic (exact) mass is 752 g/mol. The van der Waals surface area contributed by atoms with Gasteiger partial charge in [0.05, 0.1) is 0 Å². The molecule has 6 aromatic rings. The number of aryl methyl sites for hydroxylation is 1. The maximum absolute atomic E-state index is 7.19. The number of nitrogens with zero attached hydrogens (tertiary/aromatic N) is 2. The third-order valence-corrected chi connectivity index (χ3v) is 13.7. The summed E-state index contributed by atoms with van der Waals surface area (Å²) in [4.78, 5) is 5.02. The molecule has 0 N–H and O–H groups in total. The first-order chi connectivity index (χ1) is 26.5. The molecule has 3 aliphatic rings. The highest BCUT2D eigenvalue weighted by Gasteiger charge is 2.48. The van der Waals surface area contributed by atoms with Crippen LogP contribution in [0.4, 0.5) is 34.3 Å². The highest BCUT2D eigenvalue weighted by molar-refractivity contribution is 7.01. The van der Waals surface area contributed by atoms with E-state index in [9.17, 15) is 0 Å². The summed E-state index contributed by atoms with van der Waals surface area (Å²) in [6.07, 6.45) is 2.34. The van der Waals surface area contributed by atoms with E-state index in [2.05, 4.69) is 198 Å². The van der Waals surface area contributed by atoms with Crippen molar-refractivity contribution < 1.29 is 4.42 Å². The normalized spacial score (nSPS) is 17.0. The SMILES string of the molecule is Cc1cc2c3c(c1)N(c1ccc(C(C)(C)C)cc1)c1oc4ccc(C(C)(C)C)cc4c1B3c1cc3c(cc1N2c1ccc(C(C)(C)C)cc1)C(C)(C)CCC3(C)C. The lowest BCUT2D eigenvalue weighted by molar-refractivity contribution is 0.332. The first-order valence-corrected chi connectivity index (χ1v) is 21.3. The number of anilines is 6. The molecule has 1 aliphatic carbocycles. The van der Waals surface area contributed by atoms with Gasteiger partial charge in [-0.1, -0.05) is 126 Å². The van der Waals surface area contributed by atoms with Crippen LogP contribution in [0.5, 0.6) is 0 Å². The predicted molar refractivity (Wildman–Crippen MR) is 246 cm³/mol. The van der Waals surface area contributed by atoms with E-state index in [-0.39, 0.29) is 33.8 Å². The fraction of sp³-hybridized carbons (Fsp3) is 0.396. The highest BCUT2D eigenvalue weighted by atomic mass is 16.4. The minimum Gasteiger partial charge on any atom is -0.440 e. The predicted octanol–water partition coefficient (Wildman–Crippen LogP) is 13.1. The van der Waals surface area contributed by atoms with Crippen LogP contribution in [0.3, 0.4) is 0 Å². The Bertz CT molecular complexity index is 2580. The van der Waals surface area contributed by atoms with Gasteiger partial charge in [0.15, 0.2) is 0 Å². The Kier molecular flexibility index (Phi) is 8.08. The molecule has 0 amide bonds. The van der Waals surface area contributed by atoms with Gasteiger partial charge in [0.2, 0.25) is 5.88 Å². The van der Waals surface area contributed by atoms with E-state index in [4.69, 9.17) is 4.42 Å². The van der Waals surface area contributed by atoms with E-state index in [1.807, 2.05) is 0 Å². The van der Waals surface area contributed by atoms with Crippen molar-refractivity contribution in [2.75, 3.05) is 9.80 Å². The number of hydrogen-bond donors (Lipinski definition) is 0. The van der Waals surface area contributed by atoms with Crippen LogP contribution in [0.1, 0.15) is 136 Å². The van der Waals surface area contributed by atoms with Gasteiger partial charge in [-0.05, 0) is 146 Å². The van der Waals surface area contributed by atoms with Gasteiger partial charge in [-0.2, -0.15) is 0 Å². The van der Waals surface area contributed by atoms with Gasteiger partial charge in [0, 0.05) is 39.3 Å². The van der Waals surface area contributed by atoms with Gasteiger partial charge in [-0.25, -0.2) is 0 Å². The topological polar surface area (TPSA) is 19.6 Å². The van der Waals surface area contributed by atoms with Gasteiger partial charge >= 0.3 is 0 Å². The lowest BCUT2D eigenvalue weighted by Crippen LogP contribution is -2.61. The van der Waals surface area contributed by atoms with Crippen molar-refractivity contribution >= 4 is 68.4 Å². The molecule has 2 aliphatic heterocycles. The zero-order valence-corrected chi connectivity index (χ0v) is 37.0. The Labute approximate surface area is 342 Å². The average molecular weight is 753 g/mol. The largest absolute Gasteiger partial charge is 0.440 e. The molecule has 3 nitrogen and oxygen atoms in total. The van der Waals surface area contributed by atoms with Gasteiger partial charge < -0.3 is 9.32 Å². The lowest BCUT2D eigenvalue weighted by Gasteiger charge is -2.46. The zero-order valence-electron chi connectivity index (χ0n) is 37.0. The van der Waals surface area contributed by atoms with Crippen LogP contribution in [-0.4, -0.2) is 6.71 Å². The average Bonchev–Trinajstić information content (AvgIpc) is 3.50. The fourth-order valence-corrected chi connectivity index (χ4v) is 9.93. The standard InChI is InChI=1S/C53H61BN2O/c1-32-27-43-47-44(28-32)56(37-22-17-34(18-23-37)50(5,6)7)48-46(38-29-35(51(8,9)10)19-24-45(38)57-48)54(47)41-30-39-40(53(13,14)26-25-52(39,11)12)31-42(41)55(43)36-20-15-33(16-21-36)49(2,3)4/h15-24,27-31H,25-26H2,1-14H3. The molecular formula is C53H61BN2O. The highest BCUT2D eigenvalue weighted by Crippen LogP contribution is 2.51. The molecule has 1 aromatic heterocycles. The quantitative estimate of drug-likeness (QED) is 0.164. The number of benzene rings is 5. The minimum absolute atomic E-state index is 0.00910. The Hall–Kier alpha value is -4.70. The molecule has 3 heterocycles. The molecule has 0 unspecified atom stereocenters. The summed E-state index contributed by atoms with van der Waals surface area (Å²) in [5.41, 5.74) is 19.4. The zero-order chi connectivity index (χ0) is 40.8. The van der Waals surface area contributed by atoms with Crippen molar-refractivity contribution in [3.63, 3.8) is 0 Å². The Morgan fingerprint density at radius 1 is 0.526 bits per heavy atom. The van der Waals surface area contributed by atoms with E-state index < -0.39 is 0 Å². The summed E-state index contributed by atoms with van der Waals surface area (Å²) in [5.74, 6) is 0.930. The molecule has 292 valence electrons. The molecule has 0 spiro atoms. The summed E-state index contributed by atoms with van der Waals surface area (Å²) in [7, 11) is 0. The van der Waals surface area contributed by atoms with E-state index in [1.54, 1.807) is 0 Å². The fourth-order valence-electron chi connectivity index (χ4n) is 9.93. The molecule has 4 heteroatoms. The first-order valence-electron chi connectivity index (χ1n) is 21.3. The Morgan fingerprint density at radius 3 is 1.53 bits per heavy atom. The summed E-state index contributed by atoms with van der Waals surface area (Å²) in [6.45, 7) is 32.8. The van der Waals surface area contributed by atoms with E-state index in [0.717, 1.165) is 17.2 Å². The van der Waals surface area contributed by atoms with Gasteiger partial charge in [0.1, 0.15) is 5.58 Å². The molecule has 5 aromatic carbocycles. The Balaban J connectivity index is 1.41. The smallest absolute Gasteiger partial charge is 0.257 e. The molecule has 9 rings (SSSR count). The lowest BCUT2D eigenvalue weighted by atomic mass is 9.33. The van der Waals surface area contributed by atoms with Crippen molar-refractivity contribution in [3.8, 4) is 0 Å². The molecule has 57 heavy (non-hydrogen) atoms. The molecule has 0 radical (unpaired) electrons. The van der Waals surface area contributed by atoms with Crippen molar-refractivity contribution in [2.24, 2.45) is 0 Å². The van der Waals surface area contributed by atoms with Crippen molar-refractivity contribution in [2.45, 2.75) is 137 Å². The van der Waals surface area contributed by atoms with Gasteiger partial charge in [0.25, 0.3) is 6.71 Å². The molecule has 0 fully saturated rings. The van der Waals surface area contributed by atoms with Crippen LogP contribution in [0.2, 0.25) is 0 Å². The second-order valence-electron chi connectivity index (χ2n) is 21.9. The van der Waals surface area contributed by atoms with Crippen LogP contribution in [0.15, 0.2) is 95.4 Å². The van der Waals surface area contributed by atoms with E-state index in [1.165, 1.54) is 90.7 Å². The molecular weight excluding hydrogens is 691 g/mol. The third kappa shape index (κ3) is 5.91. The number of furan rings is 1. The summed E-state index contributed by atoms with van der Waals surface area (Å²) >= 11 is 0. The maximum atomic E-state index is 7.19. The number of fused-ring (bicyclic) bond motifs is 7. The van der Waals surface area contributed by atoms with Crippen molar-refractivity contribution in [1.82, 2.24) is 0 Å². The van der Waals surface area contributed by atoms with Crippen molar-refractivity contribution in [3.05, 3.63) is 124 Å². The maximum Gasteiger partial charge on any atom is 0.257 e. The van der Waals surface area contributed by atoms with Crippen LogP contribution in [-0.2, 0) is 27.1 Å². The number of rotatable bonds is 2. The second-order valence-corrected chi connectivity index (χ2v) is 21.9. The van der Waals surface area contributed by atoms with Gasteiger partial charge in [-0.3, -0.25) is 4.90 Å². The molecule has 0 atom stereocenters. The van der Waals surface area contributed by atoms with Gasteiger partial charge in [-0.15, -0.1) is 0 Å². The number of hydrogen-bond acceptors (Lipinski definition) is 3. The summed E-state index contributed by atoms with van der Waals surface area (Å²) < 4.78 is 7.19. The van der Waals surface area contributed by atoms with E-state index in [0.29, 0.717) is 0 Å². The summed E-state index contributed by atoms with van der Waals surface area (Å²) in [6, 6.07) is 35.6. The van der Waals surface area contributed by atoms with Crippen molar-refractivity contribution in [1.29, 1.82) is 0 Å². The second kappa shape index (κ2) is 12.2. The van der Waals surface area contributed by atoms with Crippen LogP contribution in [0.25, 0.3) is 11.0 Å². The molecule has 0 saturated carbocycles. The summed E-state index contributed by atoms with van der Waals surface area (Å²) in [5, 5.41) is 1.21. The van der Waals surface area contributed by atoms with Crippen LogP contribution < -0.4 is 26.2 Å². The minimum atomic E-state index is -0.0154. The van der Waals surface area contributed by atoms with E-state index >= 15 is 0 Å². The van der Waals surface area contributed by atoms with Crippen LogP contribution in [0, 0.1) is 6.92 Å². The molecule has 0 bridgehead atoms. The van der Waals surface area contributed by atoms with Crippen LogP contribution >= 0.6 is 0 Å².